The maximum Gasteiger partial charge on any atom is 0.241 e. The quantitative estimate of drug-likeness (QED) is 0.297. The first-order valence-corrected chi connectivity index (χ1v) is 14.2. The van der Waals surface area contributed by atoms with Gasteiger partial charge in [-0.25, -0.2) is 4.39 Å². The molecule has 1 fully saturated rings. The van der Waals surface area contributed by atoms with Crippen molar-refractivity contribution in [2.24, 2.45) is 5.92 Å². The topological polar surface area (TPSA) is 32.8 Å². The highest BCUT2D eigenvalue weighted by molar-refractivity contribution is 5.83. The van der Waals surface area contributed by atoms with Crippen molar-refractivity contribution >= 4 is 5.91 Å². The van der Waals surface area contributed by atoms with E-state index in [1.165, 1.54) is 44.2 Å². The van der Waals surface area contributed by atoms with E-state index in [2.05, 4.69) is 29.2 Å². The molecule has 1 heterocycles. The maximum absolute atomic E-state index is 14.7. The summed E-state index contributed by atoms with van der Waals surface area (Å²) in [5.74, 6) is 1.25. The molecule has 0 spiro atoms. The monoisotopic (exact) mass is 526 g/mol. The first kappa shape index (κ1) is 27.1. The van der Waals surface area contributed by atoms with Gasteiger partial charge in [-0.1, -0.05) is 86.0 Å². The van der Waals surface area contributed by atoms with Crippen LogP contribution in [0, 0.1) is 11.7 Å². The van der Waals surface area contributed by atoms with Crippen molar-refractivity contribution in [2.45, 2.75) is 57.2 Å². The number of hydrogen-bond donors (Lipinski definition) is 0. The average Bonchev–Trinajstić information content (AvgIpc) is 2.98. The van der Waals surface area contributed by atoms with E-state index in [1.54, 1.807) is 19.2 Å². The Bertz CT molecular complexity index is 1220. The molecule has 0 unspecified atom stereocenters. The van der Waals surface area contributed by atoms with Crippen LogP contribution < -0.4 is 4.74 Å². The smallest absolute Gasteiger partial charge is 0.241 e. The lowest BCUT2D eigenvalue weighted by molar-refractivity contribution is -0.140. The van der Waals surface area contributed by atoms with Gasteiger partial charge in [-0.2, -0.15) is 0 Å². The van der Waals surface area contributed by atoms with Crippen molar-refractivity contribution in [3.05, 3.63) is 114 Å². The van der Waals surface area contributed by atoms with Gasteiger partial charge in [0.2, 0.25) is 5.91 Å². The second kappa shape index (κ2) is 13.1. The molecular weight excluding hydrogens is 487 g/mol. The van der Waals surface area contributed by atoms with Gasteiger partial charge < -0.3 is 9.64 Å². The van der Waals surface area contributed by atoms with E-state index in [9.17, 15) is 9.18 Å². The van der Waals surface area contributed by atoms with E-state index >= 15 is 0 Å². The highest BCUT2D eigenvalue weighted by atomic mass is 19.1. The molecule has 0 N–H and O–H groups in total. The Morgan fingerprint density at radius 2 is 1.59 bits per heavy atom. The number of ether oxygens (including phenoxy) is 1. The van der Waals surface area contributed by atoms with Gasteiger partial charge in [0.15, 0.2) is 0 Å². The van der Waals surface area contributed by atoms with Crippen LogP contribution in [0.1, 0.15) is 54.8 Å². The Labute approximate surface area is 232 Å². The first-order valence-electron chi connectivity index (χ1n) is 14.2. The zero-order valence-electron chi connectivity index (χ0n) is 22.8. The number of benzene rings is 3. The summed E-state index contributed by atoms with van der Waals surface area (Å²) in [6.07, 6.45) is 11.4. The molecule has 204 valence electrons. The Morgan fingerprint density at radius 1 is 0.872 bits per heavy atom. The van der Waals surface area contributed by atoms with Crippen LogP contribution in [0.3, 0.4) is 0 Å². The Kier molecular flexibility index (Phi) is 9.10. The molecule has 1 aliphatic heterocycles. The summed E-state index contributed by atoms with van der Waals surface area (Å²) in [5.41, 5.74) is 3.10. The van der Waals surface area contributed by atoms with Crippen LogP contribution in [0.2, 0.25) is 0 Å². The molecule has 5 rings (SSSR count). The number of methoxy groups -OCH3 is 1. The molecule has 1 amide bonds. The summed E-state index contributed by atoms with van der Waals surface area (Å²) >= 11 is 0. The largest absolute Gasteiger partial charge is 0.497 e. The summed E-state index contributed by atoms with van der Waals surface area (Å²) < 4.78 is 19.1. The molecule has 0 bridgehead atoms. The third-order valence-electron chi connectivity index (χ3n) is 8.22. The van der Waals surface area contributed by atoms with Gasteiger partial charge in [-0.15, -0.1) is 0 Å². The van der Waals surface area contributed by atoms with E-state index in [0.717, 1.165) is 35.5 Å². The van der Waals surface area contributed by atoms with Gasteiger partial charge in [-0.3, -0.25) is 9.69 Å². The summed E-state index contributed by atoms with van der Waals surface area (Å²) in [5, 5.41) is 0. The zero-order valence-corrected chi connectivity index (χ0v) is 22.8. The van der Waals surface area contributed by atoms with Crippen molar-refractivity contribution in [2.75, 3.05) is 20.2 Å². The van der Waals surface area contributed by atoms with Gasteiger partial charge >= 0.3 is 0 Å². The molecular formula is C34H39FN2O2. The Morgan fingerprint density at radius 3 is 2.28 bits per heavy atom. The molecule has 39 heavy (non-hydrogen) atoms. The lowest BCUT2D eigenvalue weighted by Crippen LogP contribution is -2.52. The number of carbonyl (C=O) groups is 1. The number of carbonyl (C=O) groups excluding carboxylic acids is 1. The normalized spacial score (nSPS) is 21.8. The lowest BCUT2D eigenvalue weighted by atomic mass is 9.88. The number of rotatable bonds is 8. The summed E-state index contributed by atoms with van der Waals surface area (Å²) in [6.45, 7) is 2.09. The molecule has 0 radical (unpaired) electrons. The zero-order chi connectivity index (χ0) is 27.0. The van der Waals surface area contributed by atoms with Gasteiger partial charge in [-0.05, 0) is 66.1 Å². The van der Waals surface area contributed by atoms with Crippen LogP contribution in [0.5, 0.6) is 5.75 Å². The fourth-order valence-electron chi connectivity index (χ4n) is 6.05. The summed E-state index contributed by atoms with van der Waals surface area (Å²) in [6, 6.07) is 24.3. The van der Waals surface area contributed by atoms with Gasteiger partial charge in [0, 0.05) is 19.6 Å². The van der Waals surface area contributed by atoms with E-state index in [0.29, 0.717) is 18.9 Å². The number of halogens is 1. The second-order valence-electron chi connectivity index (χ2n) is 10.9. The minimum absolute atomic E-state index is 0.115. The van der Waals surface area contributed by atoms with E-state index in [4.69, 9.17) is 4.74 Å². The van der Waals surface area contributed by atoms with Crippen LogP contribution in [-0.4, -0.2) is 41.9 Å². The predicted molar refractivity (Wildman–Crippen MR) is 154 cm³/mol. The number of nitrogens with zero attached hydrogens (tertiary/aromatic N) is 2. The van der Waals surface area contributed by atoms with Crippen LogP contribution in [-0.2, 0) is 17.8 Å². The van der Waals surface area contributed by atoms with E-state index < -0.39 is 0 Å². The third kappa shape index (κ3) is 6.96. The maximum atomic E-state index is 14.7. The average molecular weight is 527 g/mol. The fraction of sp³-hybridized carbons (Fsp3) is 0.382. The van der Waals surface area contributed by atoms with Gasteiger partial charge in [0.25, 0.3) is 0 Å². The van der Waals surface area contributed by atoms with Crippen LogP contribution in [0.15, 0.2) is 91.0 Å². The van der Waals surface area contributed by atoms with Crippen molar-refractivity contribution in [1.82, 2.24) is 9.80 Å². The minimum Gasteiger partial charge on any atom is -0.497 e. The molecule has 0 saturated heterocycles. The van der Waals surface area contributed by atoms with Crippen molar-refractivity contribution < 1.29 is 13.9 Å². The minimum atomic E-state index is -0.277. The van der Waals surface area contributed by atoms with Crippen molar-refractivity contribution in [1.29, 1.82) is 0 Å². The Balaban J connectivity index is 1.52. The molecule has 4 nitrogen and oxygen atoms in total. The van der Waals surface area contributed by atoms with E-state index in [1.807, 2.05) is 47.4 Å². The predicted octanol–water partition coefficient (Wildman–Crippen LogP) is 6.97. The van der Waals surface area contributed by atoms with Crippen molar-refractivity contribution in [3.63, 3.8) is 0 Å². The number of hydrogen-bond acceptors (Lipinski definition) is 3. The van der Waals surface area contributed by atoms with Crippen LogP contribution >= 0.6 is 0 Å². The molecule has 3 aromatic carbocycles. The standard InChI is InChI=1S/C34H39FN2O2/c1-39-31-20-16-29(17-21-31)32-13-8-22-36(24-27-11-6-3-7-12-27)33(23-26-9-4-2-5-10-26)34(38)37(32)25-28-14-18-30(35)19-15-28/h2,4-5,8-10,13-21,27,32-33H,3,6-7,11-12,22-25H2,1H3/b13-8-/t32-,33+/m1/s1. The third-order valence-corrected chi connectivity index (χ3v) is 8.22. The highest BCUT2D eigenvalue weighted by Crippen LogP contribution is 2.32. The molecule has 2 aliphatic rings. The molecule has 1 saturated carbocycles. The van der Waals surface area contributed by atoms with Gasteiger partial charge in [0.05, 0.1) is 19.2 Å². The molecule has 0 aromatic heterocycles. The first-order chi connectivity index (χ1) is 19.1. The SMILES string of the molecule is COc1ccc([C@H]2/C=C\CN(CC3CCCCC3)[C@@H](Cc3ccccc3)C(=O)N2Cc2ccc(F)cc2)cc1. The van der Waals surface area contributed by atoms with Crippen LogP contribution in [0.25, 0.3) is 0 Å². The van der Waals surface area contributed by atoms with Crippen LogP contribution in [0.4, 0.5) is 4.39 Å². The highest BCUT2D eigenvalue weighted by Gasteiger charge is 2.36. The number of amides is 1. The fourth-order valence-corrected chi connectivity index (χ4v) is 6.05. The molecule has 2 atom stereocenters. The van der Waals surface area contributed by atoms with Gasteiger partial charge in [0.1, 0.15) is 11.6 Å². The lowest BCUT2D eigenvalue weighted by Gasteiger charge is -2.41. The summed E-state index contributed by atoms with van der Waals surface area (Å²) in [7, 11) is 1.66. The Hall–Kier alpha value is -3.44. The molecule has 3 aromatic rings. The van der Waals surface area contributed by atoms with E-state index in [-0.39, 0.29) is 23.8 Å². The molecule has 5 heteroatoms. The summed E-state index contributed by atoms with van der Waals surface area (Å²) in [4.78, 5) is 19.1. The molecule has 1 aliphatic carbocycles. The van der Waals surface area contributed by atoms with Crippen molar-refractivity contribution in [3.8, 4) is 5.75 Å². The second-order valence-corrected chi connectivity index (χ2v) is 10.9.